The van der Waals surface area contributed by atoms with E-state index in [9.17, 15) is 9.59 Å². The molecule has 7 nitrogen and oxygen atoms in total. The van der Waals surface area contributed by atoms with Gasteiger partial charge in [-0.25, -0.2) is 9.97 Å². The predicted octanol–water partition coefficient (Wildman–Crippen LogP) is 1.17. The first kappa shape index (κ1) is 17.8. The van der Waals surface area contributed by atoms with Crippen molar-refractivity contribution in [3.05, 3.63) is 23.8 Å². The Morgan fingerprint density at radius 3 is 2.72 bits per heavy atom. The van der Waals surface area contributed by atoms with Gasteiger partial charge in [-0.3, -0.25) is 9.59 Å². The maximum absolute atomic E-state index is 12.7. The van der Waals surface area contributed by atoms with E-state index in [2.05, 4.69) is 9.97 Å². The zero-order valence-corrected chi connectivity index (χ0v) is 14.5. The summed E-state index contributed by atoms with van der Waals surface area (Å²) < 4.78 is 5.36. The summed E-state index contributed by atoms with van der Waals surface area (Å²) in [6.07, 6.45) is 6.91. The minimum Gasteiger partial charge on any atom is -0.381 e. The maximum Gasteiger partial charge on any atom is 0.267 e. The summed E-state index contributed by atoms with van der Waals surface area (Å²) in [5, 5.41) is 0. The van der Waals surface area contributed by atoms with Crippen molar-refractivity contribution in [3.8, 4) is 0 Å². The first-order valence-electron chi connectivity index (χ1n) is 9.10. The van der Waals surface area contributed by atoms with Gasteiger partial charge in [0.15, 0.2) is 0 Å². The fourth-order valence-corrected chi connectivity index (χ4v) is 3.73. The van der Waals surface area contributed by atoms with Crippen LogP contribution in [0.5, 0.6) is 0 Å². The fraction of sp³-hybridized carbons (Fsp3) is 0.667. The lowest BCUT2D eigenvalue weighted by molar-refractivity contribution is -0.138. The lowest BCUT2D eigenvalue weighted by Crippen LogP contribution is -2.39. The number of nitrogens with two attached hydrogens (primary N) is 1. The van der Waals surface area contributed by atoms with E-state index in [1.54, 1.807) is 6.07 Å². The SMILES string of the molecule is NC(=O)c1cc(C[C@@H]2CCCN(C(=O)C3CCOCC3)CC2)ncn1. The van der Waals surface area contributed by atoms with Crippen LogP contribution in [-0.2, 0) is 16.0 Å². The molecule has 0 saturated carbocycles. The molecule has 0 unspecified atom stereocenters. The lowest BCUT2D eigenvalue weighted by Gasteiger charge is -2.28. The van der Waals surface area contributed by atoms with E-state index in [-0.39, 0.29) is 11.6 Å². The normalized spacial score (nSPS) is 22.4. The first-order valence-corrected chi connectivity index (χ1v) is 9.10. The van der Waals surface area contributed by atoms with Gasteiger partial charge in [-0.15, -0.1) is 0 Å². The van der Waals surface area contributed by atoms with Gasteiger partial charge < -0.3 is 15.4 Å². The highest BCUT2D eigenvalue weighted by molar-refractivity contribution is 5.90. The third-order valence-corrected chi connectivity index (χ3v) is 5.20. The predicted molar refractivity (Wildman–Crippen MR) is 91.7 cm³/mol. The Balaban J connectivity index is 1.55. The Labute approximate surface area is 148 Å². The summed E-state index contributed by atoms with van der Waals surface area (Å²) in [5.41, 5.74) is 6.39. The zero-order chi connectivity index (χ0) is 17.6. The molecule has 7 heteroatoms. The standard InChI is InChI=1S/C18H26N4O3/c19-17(23)16-11-15(20-12-21-16)10-13-2-1-6-22(7-3-13)18(24)14-4-8-25-9-5-14/h11-14H,1-10H2,(H2,19,23)/t13-/m1/s1. The highest BCUT2D eigenvalue weighted by atomic mass is 16.5. The molecule has 1 aromatic rings. The van der Waals surface area contributed by atoms with Crippen molar-refractivity contribution < 1.29 is 14.3 Å². The topological polar surface area (TPSA) is 98.4 Å². The van der Waals surface area contributed by atoms with Crippen molar-refractivity contribution >= 4 is 11.8 Å². The number of carbonyl (C=O) groups is 2. The van der Waals surface area contributed by atoms with Gasteiger partial charge in [0.25, 0.3) is 5.91 Å². The molecule has 2 N–H and O–H groups in total. The number of carbonyl (C=O) groups excluding carboxylic acids is 2. The number of aromatic nitrogens is 2. The number of ether oxygens (including phenoxy) is 1. The molecule has 0 radical (unpaired) electrons. The van der Waals surface area contributed by atoms with E-state index in [4.69, 9.17) is 10.5 Å². The minimum absolute atomic E-state index is 0.130. The van der Waals surface area contributed by atoms with Crippen LogP contribution in [0.25, 0.3) is 0 Å². The molecule has 1 aromatic heterocycles. The molecule has 0 aromatic carbocycles. The average Bonchev–Trinajstić information content (AvgIpc) is 2.87. The zero-order valence-electron chi connectivity index (χ0n) is 14.5. The molecule has 2 aliphatic heterocycles. The highest BCUT2D eigenvalue weighted by Crippen LogP contribution is 2.24. The number of hydrogen-bond acceptors (Lipinski definition) is 5. The van der Waals surface area contributed by atoms with Crippen molar-refractivity contribution in [2.75, 3.05) is 26.3 Å². The summed E-state index contributed by atoms with van der Waals surface area (Å²) >= 11 is 0. The van der Waals surface area contributed by atoms with Crippen LogP contribution in [0.2, 0.25) is 0 Å². The molecule has 2 aliphatic rings. The summed E-state index contributed by atoms with van der Waals surface area (Å²) in [4.78, 5) is 34.1. The van der Waals surface area contributed by atoms with E-state index < -0.39 is 5.91 Å². The van der Waals surface area contributed by atoms with E-state index in [0.717, 1.165) is 57.3 Å². The smallest absolute Gasteiger partial charge is 0.267 e. The van der Waals surface area contributed by atoms with Gasteiger partial charge in [0.1, 0.15) is 12.0 Å². The van der Waals surface area contributed by atoms with Crippen LogP contribution in [0.4, 0.5) is 0 Å². The van der Waals surface area contributed by atoms with E-state index >= 15 is 0 Å². The van der Waals surface area contributed by atoms with Crippen LogP contribution in [0, 0.1) is 11.8 Å². The Hall–Kier alpha value is -2.02. The molecule has 2 saturated heterocycles. The number of amides is 2. The van der Waals surface area contributed by atoms with Crippen LogP contribution in [0.3, 0.4) is 0 Å². The minimum atomic E-state index is -0.530. The quantitative estimate of drug-likeness (QED) is 0.882. The number of rotatable bonds is 4. The molecule has 1 atom stereocenters. The second kappa shape index (κ2) is 8.38. The molecule has 0 spiro atoms. The molecule has 3 heterocycles. The molecule has 2 amide bonds. The lowest BCUT2D eigenvalue weighted by atomic mass is 9.95. The van der Waals surface area contributed by atoms with Crippen molar-refractivity contribution in [2.45, 2.75) is 38.5 Å². The maximum atomic E-state index is 12.7. The van der Waals surface area contributed by atoms with E-state index in [1.165, 1.54) is 6.33 Å². The van der Waals surface area contributed by atoms with Crippen molar-refractivity contribution in [2.24, 2.45) is 17.6 Å². The second-order valence-electron chi connectivity index (χ2n) is 6.97. The van der Waals surface area contributed by atoms with Gasteiger partial charge in [-0.05, 0) is 50.5 Å². The van der Waals surface area contributed by atoms with Gasteiger partial charge in [0.05, 0.1) is 0 Å². The van der Waals surface area contributed by atoms with Crippen molar-refractivity contribution in [1.29, 1.82) is 0 Å². The van der Waals surface area contributed by atoms with Gasteiger partial charge >= 0.3 is 0 Å². The van der Waals surface area contributed by atoms with Gasteiger partial charge in [-0.2, -0.15) is 0 Å². The Morgan fingerprint density at radius 2 is 1.96 bits per heavy atom. The molecular formula is C18H26N4O3. The van der Waals surface area contributed by atoms with Gasteiger partial charge in [-0.1, -0.05) is 0 Å². The molecule has 25 heavy (non-hydrogen) atoms. The molecule has 3 rings (SSSR count). The van der Waals surface area contributed by atoms with E-state index in [0.29, 0.717) is 25.0 Å². The third kappa shape index (κ3) is 4.75. The highest BCUT2D eigenvalue weighted by Gasteiger charge is 2.28. The summed E-state index contributed by atoms with van der Waals surface area (Å²) in [5.74, 6) is 0.355. The third-order valence-electron chi connectivity index (χ3n) is 5.20. The van der Waals surface area contributed by atoms with Crippen LogP contribution in [0.15, 0.2) is 12.4 Å². The van der Waals surface area contributed by atoms with Crippen LogP contribution >= 0.6 is 0 Å². The van der Waals surface area contributed by atoms with Crippen LogP contribution in [-0.4, -0.2) is 53.0 Å². The molecule has 2 fully saturated rings. The molecule has 136 valence electrons. The largest absolute Gasteiger partial charge is 0.381 e. The van der Waals surface area contributed by atoms with Crippen molar-refractivity contribution in [1.82, 2.24) is 14.9 Å². The fourth-order valence-electron chi connectivity index (χ4n) is 3.73. The van der Waals surface area contributed by atoms with Crippen LogP contribution < -0.4 is 5.73 Å². The number of nitrogens with zero attached hydrogens (tertiary/aromatic N) is 3. The summed E-state index contributed by atoms with van der Waals surface area (Å²) in [7, 11) is 0. The monoisotopic (exact) mass is 346 g/mol. The summed E-state index contributed by atoms with van der Waals surface area (Å²) in [6.45, 7) is 3.03. The molecule has 0 aliphatic carbocycles. The Bertz CT molecular complexity index is 616. The van der Waals surface area contributed by atoms with Crippen LogP contribution in [0.1, 0.15) is 48.3 Å². The Kier molecular flexibility index (Phi) is 5.96. The van der Waals surface area contributed by atoms with Gasteiger partial charge in [0.2, 0.25) is 5.91 Å². The van der Waals surface area contributed by atoms with Gasteiger partial charge in [0, 0.05) is 37.9 Å². The number of primary amides is 1. The van der Waals surface area contributed by atoms with Crippen molar-refractivity contribution in [3.63, 3.8) is 0 Å². The van der Waals surface area contributed by atoms with E-state index in [1.807, 2.05) is 4.90 Å². The molecule has 0 bridgehead atoms. The second-order valence-corrected chi connectivity index (χ2v) is 6.97. The summed E-state index contributed by atoms with van der Waals surface area (Å²) in [6, 6.07) is 1.68. The molecular weight excluding hydrogens is 320 g/mol. The Morgan fingerprint density at radius 1 is 1.16 bits per heavy atom. The number of likely N-dealkylation sites (tertiary alicyclic amines) is 1. The first-order chi connectivity index (χ1) is 12.1. The average molecular weight is 346 g/mol. The number of hydrogen-bond donors (Lipinski definition) is 1.